The number of unbranched alkanes of at least 4 members (excludes halogenated alkanes) is 1. The van der Waals surface area contributed by atoms with Crippen LogP contribution in [0.25, 0.3) is 28.1 Å². The molecule has 0 radical (unpaired) electrons. The molecule has 0 aliphatic rings. The molecule has 26 heavy (non-hydrogen) atoms. The Labute approximate surface area is 150 Å². The Hall–Kier alpha value is -2.83. The molecule has 0 bridgehead atoms. The third-order valence-corrected chi connectivity index (χ3v) is 4.43. The van der Waals surface area contributed by atoms with Crippen LogP contribution in [0.5, 0.6) is 0 Å². The number of aromatic nitrogens is 6. The molecule has 0 N–H and O–H groups in total. The Morgan fingerprint density at radius 2 is 1.81 bits per heavy atom. The molecule has 134 valence electrons. The van der Waals surface area contributed by atoms with Crippen molar-refractivity contribution >= 4 is 16.7 Å². The van der Waals surface area contributed by atoms with Gasteiger partial charge in [0, 0.05) is 18.5 Å². The number of hydrogen-bond acceptors (Lipinski definition) is 4. The van der Waals surface area contributed by atoms with Gasteiger partial charge in [-0.05, 0) is 37.1 Å². The maximum atomic E-state index is 13.2. The Kier molecular flexibility index (Phi) is 4.36. The highest BCUT2D eigenvalue weighted by Gasteiger charge is 2.17. The summed E-state index contributed by atoms with van der Waals surface area (Å²) in [4.78, 5) is 9.56. The average Bonchev–Trinajstić information content (AvgIpc) is 3.25. The summed E-state index contributed by atoms with van der Waals surface area (Å²) in [5.74, 6) is 1.18. The van der Waals surface area contributed by atoms with Crippen LogP contribution in [0.2, 0.25) is 0 Å². The summed E-state index contributed by atoms with van der Waals surface area (Å²) >= 11 is 0. The molecule has 3 heterocycles. The Morgan fingerprint density at radius 3 is 2.54 bits per heavy atom. The number of halogens is 1. The normalized spacial score (nSPS) is 11.7. The zero-order chi connectivity index (χ0) is 18.1. The van der Waals surface area contributed by atoms with E-state index in [0.717, 1.165) is 60.3 Å². The Morgan fingerprint density at radius 1 is 1.00 bits per heavy atom. The predicted octanol–water partition coefficient (Wildman–Crippen LogP) is 4.03. The fraction of sp³-hybridized carbons (Fsp3) is 0.368. The van der Waals surface area contributed by atoms with Gasteiger partial charge in [-0.25, -0.2) is 19.0 Å². The SMILES string of the molecule is CCCCc1nc2c(cnn2CCC)c2nc(-c3ccc(F)cc3)nn12. The van der Waals surface area contributed by atoms with Crippen molar-refractivity contribution in [2.24, 2.45) is 0 Å². The maximum absolute atomic E-state index is 13.2. The van der Waals surface area contributed by atoms with Crippen LogP contribution in [0.4, 0.5) is 4.39 Å². The molecular formula is C19H21FN6. The van der Waals surface area contributed by atoms with Crippen LogP contribution in [0.3, 0.4) is 0 Å². The summed E-state index contributed by atoms with van der Waals surface area (Å²) in [6, 6.07) is 6.24. The number of rotatable bonds is 6. The third-order valence-electron chi connectivity index (χ3n) is 4.43. The Bertz CT molecular complexity index is 1050. The lowest BCUT2D eigenvalue weighted by atomic mass is 10.2. The first kappa shape index (κ1) is 16.6. The lowest BCUT2D eigenvalue weighted by Crippen LogP contribution is -2.06. The monoisotopic (exact) mass is 352 g/mol. The lowest BCUT2D eigenvalue weighted by molar-refractivity contribution is 0.613. The first-order valence-electron chi connectivity index (χ1n) is 9.08. The first-order chi connectivity index (χ1) is 12.7. The van der Waals surface area contributed by atoms with Gasteiger partial charge in [0.25, 0.3) is 0 Å². The smallest absolute Gasteiger partial charge is 0.182 e. The average molecular weight is 352 g/mol. The summed E-state index contributed by atoms with van der Waals surface area (Å²) in [6.07, 6.45) is 5.73. The van der Waals surface area contributed by atoms with Crippen molar-refractivity contribution in [1.29, 1.82) is 0 Å². The van der Waals surface area contributed by atoms with Crippen LogP contribution in [0.1, 0.15) is 38.9 Å². The van der Waals surface area contributed by atoms with Gasteiger partial charge in [-0.15, -0.1) is 5.10 Å². The second-order valence-corrected chi connectivity index (χ2v) is 6.41. The number of fused-ring (bicyclic) bond motifs is 3. The zero-order valence-corrected chi connectivity index (χ0v) is 15.0. The van der Waals surface area contributed by atoms with E-state index >= 15 is 0 Å². The quantitative estimate of drug-likeness (QED) is 0.525. The summed E-state index contributed by atoms with van der Waals surface area (Å²) in [5, 5.41) is 10.0. The molecule has 0 amide bonds. The van der Waals surface area contributed by atoms with E-state index in [0.29, 0.717) is 5.82 Å². The van der Waals surface area contributed by atoms with Crippen LogP contribution in [-0.2, 0) is 13.0 Å². The van der Waals surface area contributed by atoms with E-state index in [-0.39, 0.29) is 5.82 Å². The number of hydrogen-bond donors (Lipinski definition) is 0. The van der Waals surface area contributed by atoms with E-state index in [1.807, 2.05) is 9.20 Å². The molecule has 4 aromatic rings. The van der Waals surface area contributed by atoms with Gasteiger partial charge in [-0.2, -0.15) is 9.61 Å². The van der Waals surface area contributed by atoms with Crippen LogP contribution in [-0.4, -0.2) is 29.4 Å². The minimum atomic E-state index is -0.272. The van der Waals surface area contributed by atoms with Gasteiger partial charge in [-0.1, -0.05) is 20.3 Å². The van der Waals surface area contributed by atoms with Gasteiger partial charge in [0.2, 0.25) is 0 Å². The molecule has 0 saturated heterocycles. The van der Waals surface area contributed by atoms with E-state index in [2.05, 4.69) is 24.0 Å². The van der Waals surface area contributed by atoms with Crippen LogP contribution in [0, 0.1) is 5.82 Å². The molecule has 0 aliphatic carbocycles. The van der Waals surface area contributed by atoms with Gasteiger partial charge in [-0.3, -0.25) is 0 Å². The van der Waals surface area contributed by atoms with E-state index in [4.69, 9.17) is 9.97 Å². The van der Waals surface area contributed by atoms with Crippen LogP contribution < -0.4 is 0 Å². The van der Waals surface area contributed by atoms with Crippen LogP contribution >= 0.6 is 0 Å². The summed E-state index contributed by atoms with van der Waals surface area (Å²) < 4.78 is 17.0. The van der Waals surface area contributed by atoms with Gasteiger partial charge < -0.3 is 0 Å². The topological polar surface area (TPSA) is 60.9 Å². The fourth-order valence-corrected chi connectivity index (χ4v) is 3.08. The van der Waals surface area contributed by atoms with E-state index in [9.17, 15) is 4.39 Å². The number of aryl methyl sites for hydroxylation is 2. The fourth-order valence-electron chi connectivity index (χ4n) is 3.08. The van der Waals surface area contributed by atoms with Crippen molar-refractivity contribution in [2.45, 2.75) is 46.1 Å². The van der Waals surface area contributed by atoms with E-state index < -0.39 is 0 Å². The van der Waals surface area contributed by atoms with Gasteiger partial charge in [0.15, 0.2) is 17.1 Å². The van der Waals surface area contributed by atoms with Crippen LogP contribution in [0.15, 0.2) is 30.5 Å². The third kappa shape index (κ3) is 2.83. The van der Waals surface area contributed by atoms with Crippen molar-refractivity contribution in [3.8, 4) is 11.4 Å². The molecule has 0 fully saturated rings. The summed E-state index contributed by atoms with van der Waals surface area (Å²) in [5.41, 5.74) is 2.39. The molecular weight excluding hydrogens is 331 g/mol. The highest BCUT2D eigenvalue weighted by atomic mass is 19.1. The van der Waals surface area contributed by atoms with Crippen molar-refractivity contribution in [3.63, 3.8) is 0 Å². The second-order valence-electron chi connectivity index (χ2n) is 6.41. The maximum Gasteiger partial charge on any atom is 0.182 e. The molecule has 0 unspecified atom stereocenters. The first-order valence-corrected chi connectivity index (χ1v) is 9.08. The molecule has 0 aliphatic heterocycles. The minimum Gasteiger partial charge on any atom is -0.247 e. The second kappa shape index (κ2) is 6.82. The molecule has 1 aromatic carbocycles. The Balaban J connectivity index is 1.93. The largest absolute Gasteiger partial charge is 0.247 e. The highest BCUT2D eigenvalue weighted by Crippen LogP contribution is 2.23. The number of benzene rings is 1. The molecule has 6 nitrogen and oxygen atoms in total. The van der Waals surface area contributed by atoms with Crippen molar-refractivity contribution < 1.29 is 4.39 Å². The number of nitrogens with zero attached hydrogens (tertiary/aromatic N) is 6. The van der Waals surface area contributed by atoms with Crippen molar-refractivity contribution in [1.82, 2.24) is 29.4 Å². The van der Waals surface area contributed by atoms with Gasteiger partial charge in [0.1, 0.15) is 11.6 Å². The summed E-state index contributed by atoms with van der Waals surface area (Å²) in [7, 11) is 0. The molecule has 0 atom stereocenters. The lowest BCUT2D eigenvalue weighted by Gasteiger charge is -2.05. The summed E-state index contributed by atoms with van der Waals surface area (Å²) in [6.45, 7) is 5.09. The zero-order valence-electron chi connectivity index (χ0n) is 15.0. The molecule has 4 rings (SSSR count). The van der Waals surface area contributed by atoms with E-state index in [1.54, 1.807) is 18.3 Å². The molecule has 7 heteroatoms. The van der Waals surface area contributed by atoms with Crippen molar-refractivity contribution in [2.75, 3.05) is 0 Å². The van der Waals surface area contributed by atoms with Gasteiger partial charge >= 0.3 is 0 Å². The molecule has 0 saturated carbocycles. The predicted molar refractivity (Wildman–Crippen MR) is 98.4 cm³/mol. The van der Waals surface area contributed by atoms with Crippen molar-refractivity contribution in [3.05, 3.63) is 42.1 Å². The standard InChI is InChI=1S/C19H21FN6/c1-3-5-6-16-22-18-15(12-21-25(18)11-4-2)19-23-17(24-26(16)19)13-7-9-14(20)10-8-13/h7-10,12H,3-6,11H2,1-2H3. The minimum absolute atomic E-state index is 0.272. The highest BCUT2D eigenvalue weighted by molar-refractivity contribution is 5.89. The van der Waals surface area contributed by atoms with Gasteiger partial charge in [0.05, 0.1) is 11.6 Å². The molecule has 3 aromatic heterocycles. The molecule has 0 spiro atoms. The van der Waals surface area contributed by atoms with E-state index in [1.165, 1.54) is 12.1 Å².